The first-order chi connectivity index (χ1) is 11.6. The Morgan fingerprint density at radius 1 is 1.12 bits per heavy atom. The third kappa shape index (κ3) is 4.10. The molecular formula is C19H23N3O2. The van der Waals surface area contributed by atoms with Gasteiger partial charge in [0.15, 0.2) is 0 Å². The van der Waals surface area contributed by atoms with E-state index < -0.39 is 0 Å². The van der Waals surface area contributed by atoms with Gasteiger partial charge in [0, 0.05) is 12.1 Å². The van der Waals surface area contributed by atoms with Crippen molar-refractivity contribution in [2.24, 2.45) is 5.92 Å². The van der Waals surface area contributed by atoms with Crippen molar-refractivity contribution in [2.75, 3.05) is 0 Å². The lowest BCUT2D eigenvalue weighted by Crippen LogP contribution is -2.38. The van der Waals surface area contributed by atoms with Crippen LogP contribution in [0, 0.1) is 5.92 Å². The van der Waals surface area contributed by atoms with E-state index in [1.807, 2.05) is 30.3 Å². The van der Waals surface area contributed by atoms with Gasteiger partial charge in [-0.2, -0.15) is 5.10 Å². The SMILES string of the molecule is CC1CCC(NC(=O)c2ccc(=O)n(Cc3ccccc3)n2)CC1. The van der Waals surface area contributed by atoms with Gasteiger partial charge in [0.25, 0.3) is 11.5 Å². The summed E-state index contributed by atoms with van der Waals surface area (Å²) in [5.41, 5.74) is 1.07. The Morgan fingerprint density at radius 3 is 2.54 bits per heavy atom. The molecule has 1 aliphatic carbocycles. The van der Waals surface area contributed by atoms with Gasteiger partial charge < -0.3 is 5.32 Å². The molecule has 0 atom stereocenters. The van der Waals surface area contributed by atoms with Crippen molar-refractivity contribution in [2.45, 2.75) is 45.2 Å². The molecule has 24 heavy (non-hydrogen) atoms. The third-order valence-corrected chi connectivity index (χ3v) is 4.63. The van der Waals surface area contributed by atoms with Crippen molar-refractivity contribution in [1.29, 1.82) is 0 Å². The molecule has 1 aromatic heterocycles. The number of hydrogen-bond acceptors (Lipinski definition) is 3. The predicted octanol–water partition coefficient (Wildman–Crippen LogP) is 2.60. The molecule has 1 heterocycles. The zero-order chi connectivity index (χ0) is 16.9. The van der Waals surface area contributed by atoms with E-state index in [4.69, 9.17) is 0 Å². The average molecular weight is 325 g/mol. The summed E-state index contributed by atoms with van der Waals surface area (Å²) in [5.74, 6) is 0.542. The van der Waals surface area contributed by atoms with Crippen LogP contribution in [0.1, 0.15) is 48.7 Å². The topological polar surface area (TPSA) is 64.0 Å². The van der Waals surface area contributed by atoms with Crippen LogP contribution in [0.3, 0.4) is 0 Å². The second kappa shape index (κ2) is 7.43. The quantitative estimate of drug-likeness (QED) is 0.940. The Balaban J connectivity index is 1.70. The van der Waals surface area contributed by atoms with Crippen LogP contribution in [0.2, 0.25) is 0 Å². The number of rotatable bonds is 4. The summed E-state index contributed by atoms with van der Waals surface area (Å²) in [7, 11) is 0. The summed E-state index contributed by atoms with van der Waals surface area (Å²) in [6.45, 7) is 2.61. The lowest BCUT2D eigenvalue weighted by Gasteiger charge is -2.26. The normalized spacial score (nSPS) is 20.5. The molecule has 1 amide bonds. The first-order valence-corrected chi connectivity index (χ1v) is 8.55. The number of benzene rings is 1. The molecule has 5 heteroatoms. The summed E-state index contributed by atoms with van der Waals surface area (Å²) in [4.78, 5) is 24.4. The van der Waals surface area contributed by atoms with Gasteiger partial charge in [-0.3, -0.25) is 9.59 Å². The average Bonchev–Trinajstić information content (AvgIpc) is 2.60. The van der Waals surface area contributed by atoms with E-state index in [0.29, 0.717) is 12.2 Å². The fourth-order valence-corrected chi connectivity index (χ4v) is 3.10. The lowest BCUT2D eigenvalue weighted by atomic mass is 9.87. The monoisotopic (exact) mass is 325 g/mol. The number of hydrogen-bond donors (Lipinski definition) is 1. The van der Waals surface area contributed by atoms with E-state index in [9.17, 15) is 9.59 Å². The zero-order valence-electron chi connectivity index (χ0n) is 13.9. The Hall–Kier alpha value is -2.43. The van der Waals surface area contributed by atoms with Gasteiger partial charge in [0.2, 0.25) is 0 Å². The van der Waals surface area contributed by atoms with Crippen LogP contribution in [0.4, 0.5) is 0 Å². The molecule has 0 radical (unpaired) electrons. The van der Waals surface area contributed by atoms with Crippen molar-refractivity contribution in [3.05, 3.63) is 64.1 Å². The molecule has 1 aliphatic rings. The van der Waals surface area contributed by atoms with Gasteiger partial charge in [0.1, 0.15) is 5.69 Å². The molecular weight excluding hydrogens is 302 g/mol. The molecule has 5 nitrogen and oxygen atoms in total. The van der Waals surface area contributed by atoms with Crippen LogP contribution >= 0.6 is 0 Å². The molecule has 0 bridgehead atoms. The maximum absolute atomic E-state index is 12.4. The number of nitrogens with zero attached hydrogens (tertiary/aromatic N) is 2. The minimum absolute atomic E-state index is 0.198. The summed E-state index contributed by atoms with van der Waals surface area (Å²) >= 11 is 0. The van der Waals surface area contributed by atoms with Crippen molar-refractivity contribution in [3.63, 3.8) is 0 Å². The molecule has 3 rings (SSSR count). The van der Waals surface area contributed by atoms with E-state index in [2.05, 4.69) is 17.3 Å². The predicted molar refractivity (Wildman–Crippen MR) is 92.9 cm³/mol. The number of nitrogens with one attached hydrogen (secondary N) is 1. The van der Waals surface area contributed by atoms with E-state index in [1.165, 1.54) is 16.8 Å². The Labute approximate surface area is 141 Å². The lowest BCUT2D eigenvalue weighted by molar-refractivity contribution is 0.0915. The summed E-state index contributed by atoms with van der Waals surface area (Å²) < 4.78 is 1.34. The largest absolute Gasteiger partial charge is 0.348 e. The van der Waals surface area contributed by atoms with Crippen LogP contribution in [0.15, 0.2) is 47.3 Å². The van der Waals surface area contributed by atoms with Crippen molar-refractivity contribution in [1.82, 2.24) is 15.1 Å². The van der Waals surface area contributed by atoms with Crippen molar-refractivity contribution < 1.29 is 4.79 Å². The highest BCUT2D eigenvalue weighted by Crippen LogP contribution is 2.23. The smallest absolute Gasteiger partial charge is 0.271 e. The molecule has 126 valence electrons. The molecule has 0 aliphatic heterocycles. The maximum atomic E-state index is 12.4. The Morgan fingerprint density at radius 2 is 1.83 bits per heavy atom. The second-order valence-corrected chi connectivity index (χ2v) is 6.63. The van der Waals surface area contributed by atoms with E-state index in [0.717, 1.165) is 37.2 Å². The molecule has 0 unspecified atom stereocenters. The zero-order valence-corrected chi connectivity index (χ0v) is 13.9. The summed E-state index contributed by atoms with van der Waals surface area (Å²) in [6, 6.07) is 12.8. The van der Waals surface area contributed by atoms with Gasteiger partial charge in [0.05, 0.1) is 6.54 Å². The van der Waals surface area contributed by atoms with Crippen LogP contribution in [0.5, 0.6) is 0 Å². The first-order valence-electron chi connectivity index (χ1n) is 8.55. The molecule has 1 aromatic carbocycles. The van der Waals surface area contributed by atoms with E-state index in [-0.39, 0.29) is 17.5 Å². The fraction of sp³-hybridized carbons (Fsp3) is 0.421. The molecule has 0 spiro atoms. The van der Waals surface area contributed by atoms with Gasteiger partial charge in [-0.05, 0) is 43.2 Å². The van der Waals surface area contributed by atoms with Crippen LogP contribution in [0.25, 0.3) is 0 Å². The Kier molecular flexibility index (Phi) is 5.08. The van der Waals surface area contributed by atoms with Crippen molar-refractivity contribution in [3.8, 4) is 0 Å². The van der Waals surface area contributed by atoms with Crippen LogP contribution in [-0.2, 0) is 6.54 Å². The molecule has 0 saturated heterocycles. The first kappa shape index (κ1) is 16.4. The standard InChI is InChI=1S/C19H23N3O2/c1-14-7-9-16(10-8-14)20-19(24)17-11-12-18(23)22(21-17)13-15-5-3-2-4-6-15/h2-6,11-12,14,16H,7-10,13H2,1H3,(H,20,24). The molecule has 2 aromatic rings. The number of carbonyl (C=O) groups excluding carboxylic acids is 1. The number of carbonyl (C=O) groups is 1. The molecule has 1 saturated carbocycles. The van der Waals surface area contributed by atoms with Gasteiger partial charge in [-0.15, -0.1) is 0 Å². The molecule has 1 fully saturated rings. The highest BCUT2D eigenvalue weighted by molar-refractivity contribution is 5.92. The van der Waals surface area contributed by atoms with E-state index in [1.54, 1.807) is 0 Å². The molecule has 1 N–H and O–H groups in total. The minimum atomic E-state index is -0.207. The van der Waals surface area contributed by atoms with E-state index >= 15 is 0 Å². The minimum Gasteiger partial charge on any atom is -0.348 e. The summed E-state index contributed by atoms with van der Waals surface area (Å²) in [5, 5.41) is 7.29. The second-order valence-electron chi connectivity index (χ2n) is 6.63. The van der Waals surface area contributed by atoms with Crippen LogP contribution in [-0.4, -0.2) is 21.7 Å². The van der Waals surface area contributed by atoms with Crippen LogP contribution < -0.4 is 10.9 Å². The van der Waals surface area contributed by atoms with Gasteiger partial charge in [-0.25, -0.2) is 4.68 Å². The Bertz CT molecular complexity index is 747. The summed E-state index contributed by atoms with van der Waals surface area (Å²) in [6.07, 6.45) is 4.31. The maximum Gasteiger partial charge on any atom is 0.271 e. The number of amides is 1. The van der Waals surface area contributed by atoms with Gasteiger partial charge >= 0.3 is 0 Å². The third-order valence-electron chi connectivity index (χ3n) is 4.63. The fourth-order valence-electron chi connectivity index (χ4n) is 3.10. The number of aromatic nitrogens is 2. The highest BCUT2D eigenvalue weighted by atomic mass is 16.2. The highest BCUT2D eigenvalue weighted by Gasteiger charge is 2.21. The van der Waals surface area contributed by atoms with Crippen molar-refractivity contribution >= 4 is 5.91 Å². The van der Waals surface area contributed by atoms with Gasteiger partial charge in [-0.1, -0.05) is 37.3 Å².